The molecule has 1 unspecified atom stereocenters. The highest BCUT2D eigenvalue weighted by Gasteiger charge is 2.20. The smallest absolute Gasteiger partial charge is 0.145 e. The van der Waals surface area contributed by atoms with E-state index in [0.29, 0.717) is 18.3 Å². The van der Waals surface area contributed by atoms with Gasteiger partial charge >= 0.3 is 0 Å². The van der Waals surface area contributed by atoms with E-state index in [9.17, 15) is 4.39 Å². The molecule has 0 aliphatic heterocycles. The first kappa shape index (κ1) is 13.4. The summed E-state index contributed by atoms with van der Waals surface area (Å²) in [4.78, 5) is 0. The number of halogens is 2. The molecule has 0 saturated heterocycles. The molecule has 0 spiro atoms. The van der Waals surface area contributed by atoms with Gasteiger partial charge in [0, 0.05) is 12.0 Å². The maximum absolute atomic E-state index is 13.4. The molecule has 0 aromatic heterocycles. The van der Waals surface area contributed by atoms with E-state index >= 15 is 0 Å². The Morgan fingerprint density at radius 2 is 2.05 bits per heavy atom. The van der Waals surface area contributed by atoms with Crippen LogP contribution in [0.15, 0.2) is 42.5 Å². The van der Waals surface area contributed by atoms with E-state index in [-0.39, 0.29) is 5.02 Å². The van der Waals surface area contributed by atoms with Crippen molar-refractivity contribution in [2.45, 2.75) is 25.2 Å². The molecule has 1 nitrogen and oxygen atoms in total. The Balaban J connectivity index is 1.71. The van der Waals surface area contributed by atoms with Crippen molar-refractivity contribution in [1.29, 1.82) is 0 Å². The zero-order chi connectivity index (χ0) is 13.9. The summed E-state index contributed by atoms with van der Waals surface area (Å²) < 4.78 is 19.1. The summed E-state index contributed by atoms with van der Waals surface area (Å²) in [6, 6.07) is 13.1. The third-order valence-electron chi connectivity index (χ3n) is 3.84. The lowest BCUT2D eigenvalue weighted by Gasteiger charge is -2.25. The van der Waals surface area contributed by atoms with Crippen molar-refractivity contribution < 1.29 is 9.13 Å². The second-order valence-electron chi connectivity index (χ2n) is 5.17. The van der Waals surface area contributed by atoms with Crippen LogP contribution in [0.1, 0.15) is 29.9 Å². The number of hydrogen-bond donors (Lipinski definition) is 0. The lowest BCUT2D eigenvalue weighted by Crippen LogP contribution is -2.16. The topological polar surface area (TPSA) is 9.23 Å². The highest BCUT2D eigenvalue weighted by atomic mass is 35.5. The van der Waals surface area contributed by atoms with Crippen molar-refractivity contribution in [3.05, 3.63) is 64.4 Å². The molecular formula is C17H16ClFO. The number of rotatable bonds is 3. The van der Waals surface area contributed by atoms with Crippen molar-refractivity contribution >= 4 is 11.6 Å². The summed E-state index contributed by atoms with van der Waals surface area (Å²) >= 11 is 5.67. The number of ether oxygens (including phenoxy) is 1. The highest BCUT2D eigenvalue weighted by Crippen LogP contribution is 2.32. The minimum Gasteiger partial charge on any atom is -0.493 e. The van der Waals surface area contributed by atoms with Gasteiger partial charge in [0.15, 0.2) is 0 Å². The Labute approximate surface area is 123 Å². The Bertz CT molecular complexity index is 612. The Hall–Kier alpha value is -1.54. The molecule has 0 heterocycles. The molecule has 0 radical (unpaired) electrons. The number of aryl methyl sites for hydroxylation is 1. The van der Waals surface area contributed by atoms with E-state index < -0.39 is 5.82 Å². The van der Waals surface area contributed by atoms with Crippen LogP contribution in [0, 0.1) is 5.82 Å². The molecule has 3 heteroatoms. The van der Waals surface area contributed by atoms with Gasteiger partial charge in [-0.15, -0.1) is 0 Å². The monoisotopic (exact) mass is 290 g/mol. The predicted molar refractivity (Wildman–Crippen MR) is 79.0 cm³/mol. The van der Waals surface area contributed by atoms with Gasteiger partial charge in [-0.25, -0.2) is 4.39 Å². The fraction of sp³-hybridized carbons (Fsp3) is 0.294. The average Bonchev–Trinajstić information content (AvgIpc) is 2.48. The molecule has 1 aliphatic carbocycles. The summed E-state index contributed by atoms with van der Waals surface area (Å²) in [6.07, 6.45) is 3.44. The minimum absolute atomic E-state index is 0.125. The van der Waals surface area contributed by atoms with E-state index in [1.807, 2.05) is 0 Å². The maximum atomic E-state index is 13.4. The summed E-state index contributed by atoms with van der Waals surface area (Å²) in [5, 5.41) is 0.125. The van der Waals surface area contributed by atoms with Crippen LogP contribution in [0.25, 0.3) is 0 Å². The van der Waals surface area contributed by atoms with Crippen molar-refractivity contribution in [2.24, 2.45) is 0 Å². The van der Waals surface area contributed by atoms with Crippen LogP contribution in [0.4, 0.5) is 4.39 Å². The average molecular weight is 291 g/mol. The molecule has 0 N–H and O–H groups in total. The summed E-state index contributed by atoms with van der Waals surface area (Å²) in [5.74, 6) is 0.488. The molecule has 1 atom stereocenters. The number of hydrogen-bond acceptors (Lipinski definition) is 1. The van der Waals surface area contributed by atoms with Crippen molar-refractivity contribution in [2.75, 3.05) is 6.61 Å². The third kappa shape index (κ3) is 2.80. The number of fused-ring (bicyclic) bond motifs is 1. The molecule has 2 aromatic carbocycles. The minimum atomic E-state index is -0.437. The molecule has 20 heavy (non-hydrogen) atoms. The molecular weight excluding hydrogens is 275 g/mol. The zero-order valence-corrected chi connectivity index (χ0v) is 11.9. The van der Waals surface area contributed by atoms with Crippen LogP contribution < -0.4 is 4.74 Å². The predicted octanol–water partition coefficient (Wildman–Crippen LogP) is 4.98. The Kier molecular flexibility index (Phi) is 3.93. The lowest BCUT2D eigenvalue weighted by atomic mass is 9.83. The van der Waals surface area contributed by atoms with Crippen molar-refractivity contribution in [3.63, 3.8) is 0 Å². The van der Waals surface area contributed by atoms with E-state index in [1.165, 1.54) is 29.7 Å². The second-order valence-corrected chi connectivity index (χ2v) is 5.58. The van der Waals surface area contributed by atoms with Gasteiger partial charge in [0.1, 0.15) is 11.6 Å². The van der Waals surface area contributed by atoms with E-state index in [0.717, 1.165) is 12.8 Å². The fourth-order valence-electron chi connectivity index (χ4n) is 2.79. The molecule has 0 bridgehead atoms. The molecule has 0 fully saturated rings. The van der Waals surface area contributed by atoms with Crippen LogP contribution in [0.5, 0.6) is 5.75 Å². The third-order valence-corrected chi connectivity index (χ3v) is 4.14. The Morgan fingerprint density at radius 3 is 2.90 bits per heavy atom. The first-order chi connectivity index (χ1) is 9.74. The first-order valence-electron chi connectivity index (χ1n) is 6.89. The highest BCUT2D eigenvalue weighted by molar-refractivity contribution is 6.30. The van der Waals surface area contributed by atoms with Crippen molar-refractivity contribution in [3.8, 4) is 5.75 Å². The van der Waals surface area contributed by atoms with E-state index in [2.05, 4.69) is 24.3 Å². The molecule has 0 amide bonds. The normalized spacial score (nSPS) is 17.6. The van der Waals surface area contributed by atoms with E-state index in [4.69, 9.17) is 16.3 Å². The van der Waals surface area contributed by atoms with Gasteiger partial charge in [0.2, 0.25) is 0 Å². The van der Waals surface area contributed by atoms with Gasteiger partial charge in [-0.05, 0) is 42.5 Å². The largest absolute Gasteiger partial charge is 0.493 e. The van der Waals surface area contributed by atoms with Crippen molar-refractivity contribution in [1.82, 2.24) is 0 Å². The molecule has 3 rings (SSSR count). The van der Waals surface area contributed by atoms with Gasteiger partial charge in [0.25, 0.3) is 0 Å². The standard InChI is InChI=1S/C17H16ClFO/c18-16-9-8-14(10-17(16)19)20-11-13-6-3-5-12-4-1-2-7-15(12)13/h1-2,4,7-10,13H,3,5-6,11H2. The fourth-order valence-corrected chi connectivity index (χ4v) is 2.91. The second kappa shape index (κ2) is 5.84. The molecule has 0 saturated carbocycles. The molecule has 104 valence electrons. The van der Waals surface area contributed by atoms with Crippen LogP contribution in [-0.4, -0.2) is 6.61 Å². The number of benzene rings is 2. The van der Waals surface area contributed by atoms with Gasteiger partial charge in [0.05, 0.1) is 11.6 Å². The summed E-state index contributed by atoms with van der Waals surface area (Å²) in [5.41, 5.74) is 2.78. The van der Waals surface area contributed by atoms with Gasteiger partial charge in [-0.2, -0.15) is 0 Å². The SMILES string of the molecule is Fc1cc(OCC2CCCc3ccccc32)ccc1Cl. The van der Waals surface area contributed by atoms with Crippen LogP contribution in [-0.2, 0) is 6.42 Å². The first-order valence-corrected chi connectivity index (χ1v) is 7.27. The lowest BCUT2D eigenvalue weighted by molar-refractivity contribution is 0.273. The summed E-state index contributed by atoms with van der Waals surface area (Å²) in [7, 11) is 0. The Morgan fingerprint density at radius 1 is 1.20 bits per heavy atom. The van der Waals surface area contributed by atoms with Crippen LogP contribution in [0.2, 0.25) is 5.02 Å². The van der Waals surface area contributed by atoms with Crippen LogP contribution in [0.3, 0.4) is 0 Å². The maximum Gasteiger partial charge on any atom is 0.145 e. The van der Waals surface area contributed by atoms with Gasteiger partial charge in [-0.3, -0.25) is 0 Å². The molecule has 2 aromatic rings. The quantitative estimate of drug-likeness (QED) is 0.775. The van der Waals surface area contributed by atoms with Gasteiger partial charge < -0.3 is 4.74 Å². The zero-order valence-electron chi connectivity index (χ0n) is 11.1. The van der Waals surface area contributed by atoms with E-state index in [1.54, 1.807) is 6.07 Å². The van der Waals surface area contributed by atoms with Gasteiger partial charge in [-0.1, -0.05) is 35.9 Å². The molecule has 1 aliphatic rings. The van der Waals surface area contributed by atoms with Crippen LogP contribution >= 0.6 is 11.6 Å². The summed E-state index contributed by atoms with van der Waals surface area (Å²) in [6.45, 7) is 0.581.